The molecule has 2 heterocycles. The molecule has 1 aromatic carbocycles. The number of hydrogen-bond donors (Lipinski definition) is 1. The van der Waals surface area contributed by atoms with Gasteiger partial charge < -0.3 is 10.1 Å². The van der Waals surface area contributed by atoms with Crippen molar-refractivity contribution in [2.75, 3.05) is 5.32 Å². The third-order valence-corrected chi connectivity index (χ3v) is 4.05. The Balaban J connectivity index is 2.10. The number of nitrogens with one attached hydrogen (secondary N) is 1. The number of tetrazole rings is 1. The SMILES string of the molecule is CC1=C(C(=O)OC(C)(C)C)[C@H](c2ccc(Br)cc2)n2nnnc2N1. The van der Waals surface area contributed by atoms with E-state index in [-0.39, 0.29) is 5.97 Å². The van der Waals surface area contributed by atoms with Crippen LogP contribution < -0.4 is 5.32 Å². The van der Waals surface area contributed by atoms with Crippen LogP contribution in [-0.4, -0.2) is 31.8 Å². The molecule has 126 valence electrons. The molecule has 0 spiro atoms. The van der Waals surface area contributed by atoms with Crippen molar-refractivity contribution < 1.29 is 9.53 Å². The summed E-state index contributed by atoms with van der Waals surface area (Å²) in [5, 5.41) is 14.8. The normalized spacial score (nSPS) is 17.3. The Hall–Kier alpha value is -2.22. The lowest BCUT2D eigenvalue weighted by molar-refractivity contribution is -0.150. The van der Waals surface area contributed by atoms with Crippen LogP contribution in [-0.2, 0) is 9.53 Å². The van der Waals surface area contributed by atoms with Crippen LogP contribution in [0, 0.1) is 0 Å². The molecule has 0 unspecified atom stereocenters. The van der Waals surface area contributed by atoms with E-state index in [4.69, 9.17) is 4.74 Å². The highest BCUT2D eigenvalue weighted by atomic mass is 79.9. The molecule has 1 aliphatic rings. The summed E-state index contributed by atoms with van der Waals surface area (Å²) in [5.74, 6) is 0.106. The van der Waals surface area contributed by atoms with Gasteiger partial charge in [0.2, 0.25) is 5.95 Å². The first-order valence-corrected chi connectivity index (χ1v) is 8.30. The average molecular weight is 392 g/mol. The van der Waals surface area contributed by atoms with Crippen molar-refractivity contribution >= 4 is 27.8 Å². The molecule has 1 atom stereocenters. The minimum absolute atomic E-state index is 0.387. The maximum Gasteiger partial charge on any atom is 0.338 e. The topological polar surface area (TPSA) is 81.9 Å². The molecule has 0 aliphatic carbocycles. The molecule has 1 aromatic heterocycles. The van der Waals surface area contributed by atoms with Crippen molar-refractivity contribution in [1.82, 2.24) is 20.2 Å². The summed E-state index contributed by atoms with van der Waals surface area (Å²) in [4.78, 5) is 12.8. The number of halogens is 1. The smallest absolute Gasteiger partial charge is 0.338 e. The fraction of sp³-hybridized carbons (Fsp3) is 0.375. The van der Waals surface area contributed by atoms with E-state index in [0.29, 0.717) is 17.2 Å². The largest absolute Gasteiger partial charge is 0.456 e. The second kappa shape index (κ2) is 6.01. The third-order valence-electron chi connectivity index (χ3n) is 3.52. The number of nitrogens with zero attached hydrogens (tertiary/aromatic N) is 4. The van der Waals surface area contributed by atoms with Gasteiger partial charge in [-0.2, -0.15) is 4.68 Å². The maximum absolute atomic E-state index is 12.8. The molecule has 7 nitrogen and oxygen atoms in total. The summed E-state index contributed by atoms with van der Waals surface area (Å²) in [5.41, 5.74) is 1.48. The van der Waals surface area contributed by atoms with E-state index < -0.39 is 11.6 Å². The van der Waals surface area contributed by atoms with Crippen molar-refractivity contribution in [3.63, 3.8) is 0 Å². The number of ether oxygens (including phenoxy) is 1. The van der Waals surface area contributed by atoms with Gasteiger partial charge in [-0.3, -0.25) is 0 Å². The summed E-state index contributed by atoms with van der Waals surface area (Å²) in [6.07, 6.45) is 0. The predicted molar refractivity (Wildman–Crippen MR) is 92.3 cm³/mol. The van der Waals surface area contributed by atoms with E-state index in [1.807, 2.05) is 52.0 Å². The van der Waals surface area contributed by atoms with Crippen LogP contribution in [0.3, 0.4) is 0 Å². The van der Waals surface area contributed by atoms with Crippen molar-refractivity contribution in [2.45, 2.75) is 39.3 Å². The van der Waals surface area contributed by atoms with E-state index in [1.54, 1.807) is 4.68 Å². The number of carbonyl (C=O) groups is 1. The van der Waals surface area contributed by atoms with Crippen LogP contribution in [0.15, 0.2) is 40.0 Å². The van der Waals surface area contributed by atoms with Gasteiger partial charge in [-0.15, -0.1) is 0 Å². The van der Waals surface area contributed by atoms with E-state index in [1.165, 1.54) is 0 Å². The van der Waals surface area contributed by atoms with Crippen LogP contribution in [0.2, 0.25) is 0 Å². The van der Waals surface area contributed by atoms with Crippen molar-refractivity contribution in [1.29, 1.82) is 0 Å². The fourth-order valence-corrected chi connectivity index (χ4v) is 2.83. The quantitative estimate of drug-likeness (QED) is 0.792. The highest BCUT2D eigenvalue weighted by molar-refractivity contribution is 9.10. The zero-order chi connectivity index (χ0) is 17.5. The van der Waals surface area contributed by atoms with Gasteiger partial charge in [0.25, 0.3) is 0 Å². The third kappa shape index (κ3) is 3.19. The molecule has 0 saturated heterocycles. The Kier molecular flexibility index (Phi) is 4.16. The van der Waals surface area contributed by atoms with Gasteiger partial charge in [-0.05, 0) is 55.8 Å². The standard InChI is InChI=1S/C16H18BrN5O2/c1-9-12(14(23)24-16(2,3)4)13(10-5-7-11(17)8-6-10)22-15(18-9)19-20-21-22/h5-8,13H,1-4H3,(H,18,19,21)/t13-/m0/s1. The van der Waals surface area contributed by atoms with Crippen LogP contribution >= 0.6 is 15.9 Å². The second-order valence-corrected chi connectivity index (χ2v) is 7.48. The Morgan fingerprint density at radius 2 is 1.96 bits per heavy atom. The summed E-state index contributed by atoms with van der Waals surface area (Å²) in [7, 11) is 0. The van der Waals surface area contributed by atoms with Crippen molar-refractivity contribution in [3.05, 3.63) is 45.6 Å². The molecule has 0 bridgehead atoms. The lowest BCUT2D eigenvalue weighted by Gasteiger charge is -2.29. The monoisotopic (exact) mass is 391 g/mol. The number of hydrogen-bond acceptors (Lipinski definition) is 6. The molecular weight excluding hydrogens is 374 g/mol. The highest BCUT2D eigenvalue weighted by Gasteiger charge is 2.36. The van der Waals surface area contributed by atoms with Gasteiger partial charge in [-0.1, -0.05) is 33.2 Å². The van der Waals surface area contributed by atoms with Gasteiger partial charge in [-0.25, -0.2) is 4.79 Å². The van der Waals surface area contributed by atoms with Gasteiger partial charge in [0, 0.05) is 10.2 Å². The molecule has 8 heteroatoms. The zero-order valence-corrected chi connectivity index (χ0v) is 15.5. The van der Waals surface area contributed by atoms with Gasteiger partial charge in [0.1, 0.15) is 11.6 Å². The highest BCUT2D eigenvalue weighted by Crippen LogP contribution is 2.35. The Bertz CT molecular complexity index is 805. The number of aromatic nitrogens is 4. The number of fused-ring (bicyclic) bond motifs is 1. The molecular formula is C16H18BrN5O2. The lowest BCUT2D eigenvalue weighted by Crippen LogP contribution is -2.33. The van der Waals surface area contributed by atoms with Crippen molar-refractivity contribution in [2.24, 2.45) is 0 Å². The first kappa shape index (κ1) is 16.6. The van der Waals surface area contributed by atoms with Crippen LogP contribution in [0.5, 0.6) is 0 Å². The maximum atomic E-state index is 12.8. The minimum Gasteiger partial charge on any atom is -0.456 e. The van der Waals surface area contributed by atoms with Gasteiger partial charge in [0.15, 0.2) is 0 Å². The van der Waals surface area contributed by atoms with Gasteiger partial charge >= 0.3 is 5.97 Å². The van der Waals surface area contributed by atoms with Crippen LogP contribution in [0.1, 0.15) is 39.3 Å². The summed E-state index contributed by atoms with van der Waals surface area (Å²) in [6.45, 7) is 7.35. The molecule has 0 amide bonds. The minimum atomic E-state index is -0.588. The summed E-state index contributed by atoms with van der Waals surface area (Å²) >= 11 is 3.43. The summed E-state index contributed by atoms with van der Waals surface area (Å²) in [6, 6.07) is 7.26. The number of carbonyl (C=O) groups excluding carboxylic acids is 1. The number of benzene rings is 1. The van der Waals surface area contributed by atoms with E-state index >= 15 is 0 Å². The number of anilines is 1. The van der Waals surface area contributed by atoms with E-state index in [2.05, 4.69) is 36.8 Å². The summed E-state index contributed by atoms with van der Waals surface area (Å²) < 4.78 is 8.13. The van der Waals surface area contributed by atoms with E-state index in [9.17, 15) is 4.79 Å². The number of esters is 1. The molecule has 24 heavy (non-hydrogen) atoms. The molecule has 2 aromatic rings. The predicted octanol–water partition coefficient (Wildman–Crippen LogP) is 3.07. The van der Waals surface area contributed by atoms with Crippen LogP contribution in [0.25, 0.3) is 0 Å². The zero-order valence-electron chi connectivity index (χ0n) is 13.9. The molecule has 1 aliphatic heterocycles. The lowest BCUT2D eigenvalue weighted by atomic mass is 9.95. The number of allylic oxidation sites excluding steroid dienone is 1. The second-order valence-electron chi connectivity index (χ2n) is 6.57. The van der Waals surface area contributed by atoms with Gasteiger partial charge in [0.05, 0.1) is 5.57 Å². The first-order chi connectivity index (χ1) is 11.3. The van der Waals surface area contributed by atoms with Crippen LogP contribution in [0.4, 0.5) is 5.95 Å². The molecule has 3 rings (SSSR count). The molecule has 1 N–H and O–H groups in total. The van der Waals surface area contributed by atoms with Crippen molar-refractivity contribution in [3.8, 4) is 0 Å². The number of rotatable bonds is 2. The Morgan fingerprint density at radius 1 is 1.29 bits per heavy atom. The first-order valence-electron chi connectivity index (χ1n) is 7.51. The Morgan fingerprint density at radius 3 is 2.58 bits per heavy atom. The van der Waals surface area contributed by atoms with E-state index in [0.717, 1.165) is 10.0 Å². The molecule has 0 fully saturated rings. The molecule has 0 saturated carbocycles. The fourth-order valence-electron chi connectivity index (χ4n) is 2.56. The average Bonchev–Trinajstić information content (AvgIpc) is 2.92. The molecule has 0 radical (unpaired) electrons. The Labute approximate surface area is 148 Å².